The van der Waals surface area contributed by atoms with Crippen molar-refractivity contribution >= 4 is 23.4 Å². The summed E-state index contributed by atoms with van der Waals surface area (Å²) in [5.41, 5.74) is -0.0100. The van der Waals surface area contributed by atoms with Crippen LogP contribution < -0.4 is 0 Å². The van der Waals surface area contributed by atoms with Gasteiger partial charge in [-0.05, 0) is 18.2 Å². The minimum absolute atomic E-state index is 0.0100. The third kappa shape index (κ3) is 3.01. The lowest BCUT2D eigenvalue weighted by molar-refractivity contribution is -0.149. The smallest absolute Gasteiger partial charge is 0.343 e. The summed E-state index contributed by atoms with van der Waals surface area (Å²) in [6.45, 7) is 0. The quantitative estimate of drug-likeness (QED) is 0.471. The van der Waals surface area contributed by atoms with Crippen LogP contribution in [0.4, 0.5) is 4.39 Å². The Bertz CT molecular complexity index is 447. The van der Waals surface area contributed by atoms with E-state index >= 15 is 0 Å². The second-order valence-corrected chi connectivity index (χ2v) is 3.54. The van der Waals surface area contributed by atoms with Gasteiger partial charge in [-0.1, -0.05) is 11.6 Å². The van der Waals surface area contributed by atoms with Crippen LogP contribution in [0, 0.1) is 5.82 Å². The van der Waals surface area contributed by atoms with E-state index in [0.717, 1.165) is 13.2 Å². The number of Topliss-reactive ketones (excluding diaryl/α,β-unsaturated/α-hetero) is 1. The standard InChI is InChI=1S/C11H10ClFO4/c1-16-10(11(15)17-2)9(14)6-3-4-7(12)8(13)5-6/h3-5,10H,1-2H3. The van der Waals surface area contributed by atoms with Crippen LogP contribution in [0.15, 0.2) is 18.2 Å². The van der Waals surface area contributed by atoms with Crippen molar-refractivity contribution in [1.82, 2.24) is 0 Å². The van der Waals surface area contributed by atoms with E-state index < -0.39 is 23.7 Å². The Morgan fingerprint density at radius 3 is 2.47 bits per heavy atom. The highest BCUT2D eigenvalue weighted by molar-refractivity contribution is 6.30. The van der Waals surface area contributed by atoms with Gasteiger partial charge in [-0.25, -0.2) is 9.18 Å². The maximum atomic E-state index is 13.1. The van der Waals surface area contributed by atoms with E-state index in [1.165, 1.54) is 19.2 Å². The zero-order valence-electron chi connectivity index (χ0n) is 9.20. The van der Waals surface area contributed by atoms with Crippen LogP contribution in [0.5, 0.6) is 0 Å². The zero-order valence-corrected chi connectivity index (χ0v) is 9.95. The molecule has 0 aromatic heterocycles. The molecule has 1 atom stereocenters. The fraction of sp³-hybridized carbons (Fsp3) is 0.273. The minimum Gasteiger partial charge on any atom is -0.467 e. The Labute approximate surface area is 102 Å². The lowest BCUT2D eigenvalue weighted by atomic mass is 10.1. The van der Waals surface area contributed by atoms with Gasteiger partial charge in [0.25, 0.3) is 0 Å². The van der Waals surface area contributed by atoms with Crippen LogP contribution in [-0.2, 0) is 14.3 Å². The SMILES string of the molecule is COC(=O)C(OC)C(=O)c1ccc(Cl)c(F)c1. The molecule has 0 spiro atoms. The number of ketones is 1. The van der Waals surface area contributed by atoms with Gasteiger partial charge < -0.3 is 9.47 Å². The Balaban J connectivity index is 3.02. The van der Waals surface area contributed by atoms with Crippen LogP contribution in [0.1, 0.15) is 10.4 Å². The van der Waals surface area contributed by atoms with Gasteiger partial charge in [0.2, 0.25) is 11.9 Å². The van der Waals surface area contributed by atoms with Crippen LogP contribution in [0.25, 0.3) is 0 Å². The van der Waals surface area contributed by atoms with Crippen molar-refractivity contribution in [3.8, 4) is 0 Å². The monoisotopic (exact) mass is 260 g/mol. The van der Waals surface area contributed by atoms with Crippen LogP contribution in [-0.4, -0.2) is 32.1 Å². The molecular formula is C11H10ClFO4. The van der Waals surface area contributed by atoms with Crippen molar-refractivity contribution in [1.29, 1.82) is 0 Å². The van der Waals surface area contributed by atoms with Crippen molar-refractivity contribution in [2.45, 2.75) is 6.10 Å². The highest BCUT2D eigenvalue weighted by Crippen LogP contribution is 2.17. The fourth-order valence-corrected chi connectivity index (χ4v) is 1.34. The van der Waals surface area contributed by atoms with Gasteiger partial charge in [0.1, 0.15) is 5.82 Å². The third-order valence-electron chi connectivity index (χ3n) is 2.09. The van der Waals surface area contributed by atoms with E-state index in [1.807, 2.05) is 0 Å². The van der Waals surface area contributed by atoms with Gasteiger partial charge in [-0.2, -0.15) is 0 Å². The maximum absolute atomic E-state index is 13.1. The van der Waals surface area contributed by atoms with Crippen LogP contribution in [0.3, 0.4) is 0 Å². The molecule has 1 aromatic carbocycles. The Kier molecular flexibility index (Phi) is 4.60. The minimum atomic E-state index is -1.40. The largest absolute Gasteiger partial charge is 0.467 e. The Hall–Kier alpha value is -1.46. The molecule has 0 radical (unpaired) electrons. The normalized spacial score (nSPS) is 12.0. The van der Waals surface area contributed by atoms with Crippen LogP contribution >= 0.6 is 11.6 Å². The molecule has 0 bridgehead atoms. The van der Waals surface area contributed by atoms with Crippen LogP contribution in [0.2, 0.25) is 5.02 Å². The summed E-state index contributed by atoms with van der Waals surface area (Å²) in [7, 11) is 2.32. The van der Waals surface area contributed by atoms with Gasteiger partial charge in [-0.15, -0.1) is 0 Å². The van der Waals surface area contributed by atoms with Crippen molar-refractivity contribution in [2.75, 3.05) is 14.2 Å². The van der Waals surface area contributed by atoms with Gasteiger partial charge in [0, 0.05) is 12.7 Å². The van der Waals surface area contributed by atoms with Crippen molar-refractivity contribution < 1.29 is 23.5 Å². The predicted octanol–water partition coefficient (Wildman–Crippen LogP) is 1.85. The number of halogens is 2. The van der Waals surface area contributed by atoms with E-state index in [1.54, 1.807) is 0 Å². The molecule has 0 fully saturated rings. The molecule has 0 aliphatic rings. The molecule has 6 heteroatoms. The summed E-state index contributed by atoms with van der Waals surface area (Å²) in [6.07, 6.45) is -1.40. The number of benzene rings is 1. The van der Waals surface area contributed by atoms with Crippen molar-refractivity contribution in [2.24, 2.45) is 0 Å². The molecule has 92 valence electrons. The average molecular weight is 261 g/mol. The number of hydrogen-bond acceptors (Lipinski definition) is 4. The molecule has 0 saturated carbocycles. The molecule has 0 saturated heterocycles. The molecule has 4 nitrogen and oxygen atoms in total. The van der Waals surface area contributed by atoms with E-state index in [0.29, 0.717) is 0 Å². The molecule has 17 heavy (non-hydrogen) atoms. The summed E-state index contributed by atoms with van der Waals surface area (Å²) in [6, 6.07) is 3.48. The highest BCUT2D eigenvalue weighted by Gasteiger charge is 2.28. The first-order chi connectivity index (χ1) is 8.01. The van der Waals surface area contributed by atoms with Crippen molar-refractivity contribution in [3.05, 3.63) is 34.6 Å². The molecule has 1 unspecified atom stereocenters. The second-order valence-electron chi connectivity index (χ2n) is 3.13. The number of rotatable bonds is 4. The number of methoxy groups -OCH3 is 2. The van der Waals surface area contributed by atoms with E-state index in [2.05, 4.69) is 4.74 Å². The third-order valence-corrected chi connectivity index (χ3v) is 2.40. The second kappa shape index (κ2) is 5.75. The highest BCUT2D eigenvalue weighted by atomic mass is 35.5. The Morgan fingerprint density at radius 2 is 2.00 bits per heavy atom. The van der Waals surface area contributed by atoms with E-state index in [-0.39, 0.29) is 10.6 Å². The van der Waals surface area contributed by atoms with E-state index in [4.69, 9.17) is 16.3 Å². The molecule has 0 amide bonds. The predicted molar refractivity (Wildman–Crippen MR) is 58.6 cm³/mol. The average Bonchev–Trinajstić information content (AvgIpc) is 2.33. The number of esters is 1. The number of carbonyl (C=O) groups excluding carboxylic acids is 2. The van der Waals surface area contributed by atoms with Gasteiger partial charge in [-0.3, -0.25) is 4.79 Å². The molecule has 1 rings (SSSR count). The molecule has 0 N–H and O–H groups in total. The lowest BCUT2D eigenvalue weighted by Crippen LogP contribution is -2.33. The van der Waals surface area contributed by atoms with Gasteiger partial charge >= 0.3 is 5.97 Å². The van der Waals surface area contributed by atoms with Gasteiger partial charge in [0.05, 0.1) is 12.1 Å². The first-order valence-electron chi connectivity index (χ1n) is 4.61. The number of carbonyl (C=O) groups is 2. The summed E-state index contributed by atoms with van der Waals surface area (Å²) in [5, 5.41) is -0.103. The summed E-state index contributed by atoms with van der Waals surface area (Å²) >= 11 is 5.48. The van der Waals surface area contributed by atoms with Gasteiger partial charge in [0.15, 0.2) is 0 Å². The zero-order chi connectivity index (χ0) is 13.0. The summed E-state index contributed by atoms with van der Waals surface area (Å²) < 4.78 is 22.3. The van der Waals surface area contributed by atoms with E-state index in [9.17, 15) is 14.0 Å². The van der Waals surface area contributed by atoms with Crippen molar-refractivity contribution in [3.63, 3.8) is 0 Å². The number of hydrogen-bond donors (Lipinski definition) is 0. The molecule has 1 aromatic rings. The first-order valence-corrected chi connectivity index (χ1v) is 4.99. The summed E-state index contributed by atoms with van der Waals surface area (Å²) in [5.74, 6) is -2.26. The summed E-state index contributed by atoms with van der Waals surface area (Å²) in [4.78, 5) is 23.0. The topological polar surface area (TPSA) is 52.6 Å². The Morgan fingerprint density at radius 1 is 1.35 bits per heavy atom. The number of ether oxygens (including phenoxy) is 2. The molecule has 0 aliphatic carbocycles. The molecule has 0 heterocycles. The molecular weight excluding hydrogens is 251 g/mol. The first kappa shape index (κ1) is 13.6. The maximum Gasteiger partial charge on any atom is 0.343 e. The lowest BCUT2D eigenvalue weighted by Gasteiger charge is -2.11. The fourth-order valence-electron chi connectivity index (χ4n) is 1.22. The molecule has 0 aliphatic heterocycles.